The Morgan fingerprint density at radius 3 is 2.41 bits per heavy atom. The van der Waals surface area contributed by atoms with E-state index in [-0.39, 0.29) is 18.5 Å². The molecular formula is C14H19F2N. The second-order valence-corrected chi connectivity index (χ2v) is 5.95. The molecule has 1 aliphatic rings. The summed E-state index contributed by atoms with van der Waals surface area (Å²) < 4.78 is 25.4. The summed E-state index contributed by atoms with van der Waals surface area (Å²) in [5.41, 5.74) is 2.48. The van der Waals surface area contributed by atoms with Crippen LogP contribution in [0.1, 0.15) is 31.9 Å². The first-order valence-electron chi connectivity index (χ1n) is 5.96. The summed E-state index contributed by atoms with van der Waals surface area (Å²) in [7, 11) is 0. The van der Waals surface area contributed by atoms with Crippen LogP contribution < -0.4 is 0 Å². The summed E-state index contributed by atoms with van der Waals surface area (Å²) in [5, 5.41) is 0. The highest BCUT2D eigenvalue weighted by Crippen LogP contribution is 2.29. The number of hydrogen-bond acceptors (Lipinski definition) is 1. The zero-order valence-corrected chi connectivity index (χ0v) is 10.6. The predicted octanol–water partition coefficient (Wildman–Crippen LogP) is 3.44. The third kappa shape index (κ3) is 3.03. The molecule has 0 N–H and O–H groups in total. The molecule has 1 aromatic carbocycles. The summed E-state index contributed by atoms with van der Waals surface area (Å²) in [6.07, 6.45) is 0. The van der Waals surface area contributed by atoms with E-state index in [1.54, 1.807) is 4.90 Å². The first-order valence-corrected chi connectivity index (χ1v) is 5.96. The third-order valence-electron chi connectivity index (χ3n) is 3.11. The molecule has 0 atom stereocenters. The molecule has 0 saturated carbocycles. The van der Waals surface area contributed by atoms with Gasteiger partial charge >= 0.3 is 0 Å². The van der Waals surface area contributed by atoms with Gasteiger partial charge < -0.3 is 0 Å². The van der Waals surface area contributed by atoms with Crippen molar-refractivity contribution in [2.45, 2.75) is 38.7 Å². The SMILES string of the molecule is CC(C)(C)c1cccc(CN2CC(F)(F)C2)c1. The minimum Gasteiger partial charge on any atom is -0.287 e. The van der Waals surface area contributed by atoms with Crippen molar-refractivity contribution in [2.24, 2.45) is 0 Å². The number of halogens is 2. The molecule has 0 unspecified atom stereocenters. The molecule has 0 amide bonds. The highest BCUT2D eigenvalue weighted by Gasteiger charge is 2.43. The lowest BCUT2D eigenvalue weighted by molar-refractivity contribution is -0.133. The normalized spacial score (nSPS) is 20.1. The highest BCUT2D eigenvalue weighted by molar-refractivity contribution is 5.28. The summed E-state index contributed by atoms with van der Waals surface area (Å²) in [5.74, 6) is -2.47. The van der Waals surface area contributed by atoms with E-state index in [2.05, 4.69) is 32.9 Å². The lowest BCUT2D eigenvalue weighted by Crippen LogP contribution is -2.55. The molecule has 0 aliphatic carbocycles. The van der Waals surface area contributed by atoms with Gasteiger partial charge in [0.1, 0.15) is 0 Å². The monoisotopic (exact) mass is 239 g/mol. The Morgan fingerprint density at radius 2 is 1.88 bits per heavy atom. The topological polar surface area (TPSA) is 3.24 Å². The van der Waals surface area contributed by atoms with Crippen LogP contribution in [0.2, 0.25) is 0 Å². The van der Waals surface area contributed by atoms with E-state index in [1.165, 1.54) is 5.56 Å². The minimum atomic E-state index is -2.47. The molecule has 2 rings (SSSR count). The lowest BCUT2D eigenvalue weighted by atomic mass is 9.86. The molecule has 0 aromatic heterocycles. The molecule has 1 aliphatic heterocycles. The van der Waals surface area contributed by atoms with Crippen molar-refractivity contribution in [1.29, 1.82) is 0 Å². The maximum Gasteiger partial charge on any atom is 0.272 e. The fourth-order valence-corrected chi connectivity index (χ4v) is 2.11. The fraction of sp³-hybridized carbons (Fsp3) is 0.571. The Balaban J connectivity index is 2.03. The van der Waals surface area contributed by atoms with E-state index >= 15 is 0 Å². The number of benzene rings is 1. The Bertz CT molecular complexity index is 399. The number of likely N-dealkylation sites (tertiary alicyclic amines) is 1. The second kappa shape index (κ2) is 4.05. The maximum atomic E-state index is 12.7. The smallest absolute Gasteiger partial charge is 0.272 e. The van der Waals surface area contributed by atoms with Gasteiger partial charge in [-0.3, -0.25) is 4.90 Å². The van der Waals surface area contributed by atoms with E-state index in [0.29, 0.717) is 6.54 Å². The molecule has 1 heterocycles. The van der Waals surface area contributed by atoms with E-state index in [9.17, 15) is 8.78 Å². The van der Waals surface area contributed by atoms with Gasteiger partial charge in [0.05, 0.1) is 13.1 Å². The lowest BCUT2D eigenvalue weighted by Gasteiger charge is -2.38. The van der Waals surface area contributed by atoms with Crippen LogP contribution >= 0.6 is 0 Å². The van der Waals surface area contributed by atoms with Crippen molar-refractivity contribution < 1.29 is 8.78 Å². The van der Waals surface area contributed by atoms with Crippen LogP contribution in [0.3, 0.4) is 0 Å². The van der Waals surface area contributed by atoms with Gasteiger partial charge in [0.25, 0.3) is 5.92 Å². The van der Waals surface area contributed by atoms with Crippen LogP contribution in [-0.2, 0) is 12.0 Å². The van der Waals surface area contributed by atoms with E-state index < -0.39 is 5.92 Å². The zero-order valence-electron chi connectivity index (χ0n) is 10.6. The van der Waals surface area contributed by atoms with Crippen molar-refractivity contribution >= 4 is 0 Å². The number of rotatable bonds is 2. The minimum absolute atomic E-state index is 0.104. The van der Waals surface area contributed by atoms with Crippen molar-refractivity contribution in [2.75, 3.05) is 13.1 Å². The summed E-state index contributed by atoms with van der Waals surface area (Å²) >= 11 is 0. The van der Waals surface area contributed by atoms with E-state index in [1.807, 2.05) is 12.1 Å². The van der Waals surface area contributed by atoms with Gasteiger partial charge in [-0.15, -0.1) is 0 Å². The fourth-order valence-electron chi connectivity index (χ4n) is 2.11. The Morgan fingerprint density at radius 1 is 1.24 bits per heavy atom. The van der Waals surface area contributed by atoms with Gasteiger partial charge in [-0.2, -0.15) is 0 Å². The molecule has 94 valence electrons. The van der Waals surface area contributed by atoms with Crippen molar-refractivity contribution in [1.82, 2.24) is 4.90 Å². The van der Waals surface area contributed by atoms with Crippen LogP contribution in [0.4, 0.5) is 8.78 Å². The van der Waals surface area contributed by atoms with Crippen molar-refractivity contribution in [3.63, 3.8) is 0 Å². The highest BCUT2D eigenvalue weighted by atomic mass is 19.3. The van der Waals surface area contributed by atoms with Gasteiger partial charge in [0, 0.05) is 6.54 Å². The Kier molecular flexibility index (Phi) is 2.98. The molecule has 3 heteroatoms. The van der Waals surface area contributed by atoms with Gasteiger partial charge in [-0.25, -0.2) is 8.78 Å². The summed E-state index contributed by atoms with van der Waals surface area (Å²) in [4.78, 5) is 1.78. The molecule has 0 radical (unpaired) electrons. The molecule has 1 fully saturated rings. The van der Waals surface area contributed by atoms with Crippen LogP contribution in [0.15, 0.2) is 24.3 Å². The molecule has 1 aromatic rings. The first kappa shape index (κ1) is 12.5. The van der Waals surface area contributed by atoms with Crippen molar-refractivity contribution in [3.05, 3.63) is 35.4 Å². The van der Waals surface area contributed by atoms with Crippen LogP contribution in [0.25, 0.3) is 0 Å². The maximum absolute atomic E-state index is 12.7. The van der Waals surface area contributed by atoms with E-state index in [0.717, 1.165) is 5.56 Å². The number of hydrogen-bond donors (Lipinski definition) is 0. The molecule has 1 nitrogen and oxygen atoms in total. The quantitative estimate of drug-likeness (QED) is 0.764. The number of alkyl halides is 2. The molecular weight excluding hydrogens is 220 g/mol. The molecule has 0 spiro atoms. The van der Waals surface area contributed by atoms with Gasteiger partial charge in [-0.05, 0) is 16.5 Å². The molecule has 1 saturated heterocycles. The van der Waals surface area contributed by atoms with Crippen molar-refractivity contribution in [3.8, 4) is 0 Å². The van der Waals surface area contributed by atoms with Gasteiger partial charge in [0.2, 0.25) is 0 Å². The first-order chi connectivity index (χ1) is 7.76. The Labute approximate surface area is 101 Å². The van der Waals surface area contributed by atoms with Crippen LogP contribution in [-0.4, -0.2) is 23.9 Å². The standard InChI is InChI=1S/C14H19F2N/c1-13(2,3)12-6-4-5-11(7-12)8-17-9-14(15,16)10-17/h4-7H,8-10H2,1-3H3. The predicted molar refractivity (Wildman–Crippen MR) is 65.4 cm³/mol. The van der Waals surface area contributed by atoms with Crippen LogP contribution in [0, 0.1) is 0 Å². The van der Waals surface area contributed by atoms with Gasteiger partial charge in [0.15, 0.2) is 0 Å². The second-order valence-electron chi connectivity index (χ2n) is 5.95. The average molecular weight is 239 g/mol. The summed E-state index contributed by atoms with van der Waals surface area (Å²) in [6, 6.07) is 8.23. The third-order valence-corrected chi connectivity index (χ3v) is 3.11. The summed E-state index contributed by atoms with van der Waals surface area (Å²) in [6.45, 7) is 6.89. The van der Waals surface area contributed by atoms with Crippen LogP contribution in [0.5, 0.6) is 0 Å². The molecule has 0 bridgehead atoms. The average Bonchev–Trinajstić information content (AvgIpc) is 2.14. The Hall–Kier alpha value is -0.960. The zero-order chi connectivity index (χ0) is 12.7. The molecule has 17 heavy (non-hydrogen) atoms. The largest absolute Gasteiger partial charge is 0.287 e. The van der Waals surface area contributed by atoms with Gasteiger partial charge in [-0.1, -0.05) is 45.0 Å². The number of nitrogens with zero attached hydrogens (tertiary/aromatic N) is 1. The van der Waals surface area contributed by atoms with E-state index in [4.69, 9.17) is 0 Å².